The van der Waals surface area contributed by atoms with Crippen LogP contribution in [0.1, 0.15) is 19.3 Å². The van der Waals surface area contributed by atoms with E-state index in [-0.39, 0.29) is 5.41 Å². The van der Waals surface area contributed by atoms with Crippen molar-refractivity contribution in [3.8, 4) is 0 Å². The van der Waals surface area contributed by atoms with E-state index in [1.807, 2.05) is 6.08 Å². The van der Waals surface area contributed by atoms with Gasteiger partial charge in [0.25, 0.3) is 0 Å². The maximum absolute atomic E-state index is 10.4. The lowest BCUT2D eigenvalue weighted by atomic mass is 9.72. The van der Waals surface area contributed by atoms with Gasteiger partial charge in [-0.1, -0.05) is 6.08 Å². The van der Waals surface area contributed by atoms with Gasteiger partial charge >= 0.3 is 5.97 Å². The lowest BCUT2D eigenvalue weighted by Gasteiger charge is -2.46. The molecule has 72 valence electrons. The van der Waals surface area contributed by atoms with Gasteiger partial charge in [-0.15, -0.1) is 0 Å². The Hall–Kier alpha value is -0.830. The van der Waals surface area contributed by atoms with Crippen LogP contribution in [0.5, 0.6) is 0 Å². The van der Waals surface area contributed by atoms with E-state index >= 15 is 0 Å². The third-order valence-corrected chi connectivity index (χ3v) is 3.36. The van der Waals surface area contributed by atoms with E-state index < -0.39 is 5.97 Å². The second kappa shape index (κ2) is 3.14. The molecule has 3 saturated heterocycles. The summed E-state index contributed by atoms with van der Waals surface area (Å²) in [5, 5.41) is 8.57. The number of hydrogen-bond donors (Lipinski definition) is 1. The van der Waals surface area contributed by atoms with Crippen molar-refractivity contribution < 1.29 is 9.90 Å². The number of allylic oxidation sites excluding steroid dienone is 1. The summed E-state index contributed by atoms with van der Waals surface area (Å²) in [6.45, 7) is 3.43. The van der Waals surface area contributed by atoms with Crippen LogP contribution in [0.2, 0.25) is 0 Å². The Morgan fingerprint density at radius 3 is 2.23 bits per heavy atom. The van der Waals surface area contributed by atoms with Gasteiger partial charge in [-0.05, 0) is 44.3 Å². The molecule has 0 aromatic heterocycles. The number of carbonyl (C=O) groups is 1. The minimum absolute atomic E-state index is 0.215. The molecule has 0 unspecified atom stereocenters. The smallest absolute Gasteiger partial charge is 0.327 e. The highest BCUT2D eigenvalue weighted by molar-refractivity contribution is 5.79. The Morgan fingerprint density at radius 2 is 1.77 bits per heavy atom. The van der Waals surface area contributed by atoms with E-state index in [0.717, 1.165) is 38.9 Å². The number of fused-ring (bicyclic) bond motifs is 3. The van der Waals surface area contributed by atoms with Gasteiger partial charge in [0.1, 0.15) is 0 Å². The van der Waals surface area contributed by atoms with Crippen LogP contribution in [0.15, 0.2) is 12.2 Å². The van der Waals surface area contributed by atoms with Gasteiger partial charge in [0.15, 0.2) is 0 Å². The zero-order chi connectivity index (χ0) is 9.31. The van der Waals surface area contributed by atoms with Crippen LogP contribution in [0.3, 0.4) is 0 Å². The van der Waals surface area contributed by atoms with Crippen LogP contribution >= 0.6 is 0 Å². The van der Waals surface area contributed by atoms with Crippen molar-refractivity contribution in [1.29, 1.82) is 0 Å². The molecule has 1 N–H and O–H groups in total. The standard InChI is InChI=1S/C10H15NO2/c12-9(13)1-2-10-3-6-11(7-4-10)8-5-10/h1-2H,3-8H2,(H,12,13). The molecule has 0 radical (unpaired) electrons. The first-order valence-corrected chi connectivity index (χ1v) is 4.85. The molecule has 0 amide bonds. The Bertz CT molecular complexity index is 226. The van der Waals surface area contributed by atoms with Crippen LogP contribution in [0, 0.1) is 5.41 Å². The number of aliphatic carboxylic acids is 1. The summed E-state index contributed by atoms with van der Waals surface area (Å²) in [4.78, 5) is 12.9. The van der Waals surface area contributed by atoms with Gasteiger partial charge < -0.3 is 10.0 Å². The summed E-state index contributed by atoms with van der Waals surface area (Å²) in [6.07, 6.45) is 6.65. The first-order chi connectivity index (χ1) is 6.20. The number of piperidine rings is 3. The zero-order valence-electron chi connectivity index (χ0n) is 7.70. The largest absolute Gasteiger partial charge is 0.478 e. The van der Waals surface area contributed by atoms with Crippen molar-refractivity contribution in [2.75, 3.05) is 19.6 Å². The van der Waals surface area contributed by atoms with Crippen molar-refractivity contribution in [2.24, 2.45) is 5.41 Å². The van der Waals surface area contributed by atoms with Gasteiger partial charge in [-0.3, -0.25) is 0 Å². The van der Waals surface area contributed by atoms with E-state index in [2.05, 4.69) is 4.90 Å². The van der Waals surface area contributed by atoms with Gasteiger partial charge in [-0.25, -0.2) is 4.79 Å². The number of carboxylic acid groups (broad SMARTS) is 1. The predicted molar refractivity (Wildman–Crippen MR) is 49.5 cm³/mol. The van der Waals surface area contributed by atoms with Crippen molar-refractivity contribution in [2.45, 2.75) is 19.3 Å². The van der Waals surface area contributed by atoms with Gasteiger partial charge in [0, 0.05) is 6.08 Å². The molecule has 13 heavy (non-hydrogen) atoms. The quantitative estimate of drug-likeness (QED) is 0.649. The number of rotatable bonds is 2. The van der Waals surface area contributed by atoms with E-state index in [1.165, 1.54) is 6.08 Å². The fraction of sp³-hybridized carbons (Fsp3) is 0.700. The van der Waals surface area contributed by atoms with E-state index in [9.17, 15) is 4.79 Å². The highest BCUT2D eigenvalue weighted by Gasteiger charge is 2.37. The van der Waals surface area contributed by atoms with E-state index in [4.69, 9.17) is 5.11 Å². The van der Waals surface area contributed by atoms with Gasteiger partial charge in [-0.2, -0.15) is 0 Å². The predicted octanol–water partition coefficient (Wildman–Crippen LogP) is 1.11. The molecule has 0 atom stereocenters. The molecular formula is C10H15NO2. The highest BCUT2D eigenvalue weighted by Crippen LogP contribution is 2.41. The second-order valence-electron chi connectivity index (χ2n) is 4.13. The van der Waals surface area contributed by atoms with E-state index in [1.54, 1.807) is 0 Å². The maximum atomic E-state index is 10.4. The fourth-order valence-corrected chi connectivity index (χ4v) is 2.35. The Morgan fingerprint density at radius 1 is 1.23 bits per heavy atom. The van der Waals surface area contributed by atoms with Crippen LogP contribution in [-0.2, 0) is 4.79 Å². The number of hydrogen-bond acceptors (Lipinski definition) is 2. The minimum Gasteiger partial charge on any atom is -0.478 e. The lowest BCUT2D eigenvalue weighted by molar-refractivity contribution is -0.131. The van der Waals surface area contributed by atoms with Crippen LogP contribution in [-0.4, -0.2) is 35.6 Å². The van der Waals surface area contributed by atoms with Gasteiger partial charge in [0.05, 0.1) is 0 Å². The zero-order valence-corrected chi connectivity index (χ0v) is 7.70. The molecule has 0 aliphatic carbocycles. The molecular weight excluding hydrogens is 166 g/mol. The number of carboxylic acids is 1. The first-order valence-electron chi connectivity index (χ1n) is 4.85. The van der Waals surface area contributed by atoms with Crippen molar-refractivity contribution in [1.82, 2.24) is 4.90 Å². The monoisotopic (exact) mass is 181 g/mol. The summed E-state index contributed by atoms with van der Waals surface area (Å²) in [5.41, 5.74) is 0.215. The molecule has 0 saturated carbocycles. The molecule has 3 heterocycles. The van der Waals surface area contributed by atoms with E-state index in [0.29, 0.717) is 0 Å². The minimum atomic E-state index is -0.817. The fourth-order valence-electron chi connectivity index (χ4n) is 2.35. The first kappa shape index (κ1) is 8.75. The average Bonchev–Trinajstić information content (AvgIpc) is 2.18. The topological polar surface area (TPSA) is 40.5 Å². The van der Waals surface area contributed by atoms with Crippen LogP contribution in [0.25, 0.3) is 0 Å². The number of nitrogens with zero attached hydrogens (tertiary/aromatic N) is 1. The lowest BCUT2D eigenvalue weighted by Crippen LogP contribution is -2.47. The van der Waals surface area contributed by atoms with Gasteiger partial charge in [0.2, 0.25) is 0 Å². The molecule has 3 fully saturated rings. The summed E-state index contributed by atoms with van der Waals surface area (Å²) in [7, 11) is 0. The van der Waals surface area contributed by atoms with Crippen molar-refractivity contribution in [3.63, 3.8) is 0 Å². The summed E-state index contributed by atoms with van der Waals surface area (Å²) in [6, 6.07) is 0. The Kier molecular flexibility index (Phi) is 2.12. The average molecular weight is 181 g/mol. The third kappa shape index (κ3) is 1.75. The SMILES string of the molecule is O=C(O)C=CC12CCN(CC1)CC2. The Labute approximate surface area is 78.0 Å². The highest BCUT2D eigenvalue weighted by atomic mass is 16.4. The molecule has 3 rings (SSSR count). The normalized spacial score (nSPS) is 38.3. The summed E-state index contributed by atoms with van der Waals surface area (Å²) < 4.78 is 0. The molecule has 0 aromatic rings. The molecule has 3 aliphatic rings. The molecule has 3 heteroatoms. The van der Waals surface area contributed by atoms with Crippen LogP contribution < -0.4 is 0 Å². The molecule has 2 bridgehead atoms. The molecule has 0 aromatic carbocycles. The summed E-state index contributed by atoms with van der Waals surface area (Å²) in [5.74, 6) is -0.817. The Balaban J connectivity index is 2.06. The van der Waals surface area contributed by atoms with Crippen molar-refractivity contribution >= 4 is 5.97 Å². The maximum Gasteiger partial charge on any atom is 0.327 e. The molecule has 3 aliphatic heterocycles. The molecule has 3 nitrogen and oxygen atoms in total. The molecule has 0 spiro atoms. The third-order valence-electron chi connectivity index (χ3n) is 3.36. The van der Waals surface area contributed by atoms with Crippen LogP contribution in [0.4, 0.5) is 0 Å². The second-order valence-corrected chi connectivity index (χ2v) is 4.13. The van der Waals surface area contributed by atoms with Crippen molar-refractivity contribution in [3.05, 3.63) is 12.2 Å². The summed E-state index contributed by atoms with van der Waals surface area (Å²) >= 11 is 0.